The van der Waals surface area contributed by atoms with E-state index in [4.69, 9.17) is 16.9 Å². The summed E-state index contributed by atoms with van der Waals surface area (Å²) in [6.45, 7) is 2.02. The van der Waals surface area contributed by atoms with Crippen molar-refractivity contribution in [3.8, 4) is 23.1 Å². The van der Waals surface area contributed by atoms with E-state index in [0.717, 1.165) is 16.8 Å². The second-order valence-corrected chi connectivity index (χ2v) is 8.89. The summed E-state index contributed by atoms with van der Waals surface area (Å²) in [5.74, 6) is 0.580. The maximum atomic E-state index is 12.5. The van der Waals surface area contributed by atoms with Gasteiger partial charge >= 0.3 is 0 Å². The Bertz CT molecular complexity index is 1260. The largest absolute Gasteiger partial charge is 0.316 e. The third kappa shape index (κ3) is 4.80. The molecule has 2 aromatic heterocycles. The highest BCUT2D eigenvalue weighted by Gasteiger charge is 2.18. The number of benzene rings is 2. The zero-order valence-corrected chi connectivity index (χ0v) is 18.8. The van der Waals surface area contributed by atoms with Gasteiger partial charge in [0.25, 0.3) is 0 Å². The number of hydrogen-bond acceptors (Lipinski definition) is 6. The van der Waals surface area contributed by atoms with Gasteiger partial charge in [-0.1, -0.05) is 41.1 Å². The van der Waals surface area contributed by atoms with Crippen LogP contribution in [0.25, 0.3) is 17.1 Å². The van der Waals surface area contributed by atoms with Crippen LogP contribution in [-0.2, 0) is 4.79 Å². The Labute approximate surface area is 192 Å². The molecule has 6 nitrogen and oxygen atoms in total. The van der Waals surface area contributed by atoms with Crippen molar-refractivity contribution in [1.82, 2.24) is 14.8 Å². The second-order valence-electron chi connectivity index (χ2n) is 6.60. The highest BCUT2D eigenvalue weighted by atomic mass is 35.5. The summed E-state index contributed by atoms with van der Waals surface area (Å²) >= 11 is 8.63. The lowest BCUT2D eigenvalue weighted by atomic mass is 10.2. The van der Waals surface area contributed by atoms with Crippen molar-refractivity contribution in [2.75, 3.05) is 11.1 Å². The number of nitrogens with zero attached hydrogens (tertiary/aromatic N) is 4. The predicted molar refractivity (Wildman–Crippen MR) is 125 cm³/mol. The van der Waals surface area contributed by atoms with Crippen LogP contribution in [0.5, 0.6) is 0 Å². The lowest BCUT2D eigenvalue weighted by Gasteiger charge is -2.11. The van der Waals surface area contributed by atoms with E-state index in [2.05, 4.69) is 21.6 Å². The molecule has 1 N–H and O–H groups in total. The van der Waals surface area contributed by atoms with Gasteiger partial charge in [-0.05, 0) is 54.8 Å². The fraction of sp³-hybridized carbons (Fsp3) is 0.0909. The van der Waals surface area contributed by atoms with Crippen molar-refractivity contribution in [2.45, 2.75) is 12.1 Å². The van der Waals surface area contributed by atoms with E-state index < -0.39 is 0 Å². The van der Waals surface area contributed by atoms with Crippen LogP contribution in [0.2, 0.25) is 5.02 Å². The van der Waals surface area contributed by atoms with E-state index in [1.165, 1.54) is 23.1 Å². The highest BCUT2D eigenvalue weighted by Crippen LogP contribution is 2.29. The van der Waals surface area contributed by atoms with Crippen LogP contribution in [0.3, 0.4) is 0 Å². The van der Waals surface area contributed by atoms with Gasteiger partial charge in [-0.3, -0.25) is 9.36 Å². The maximum absolute atomic E-state index is 12.5. The number of carbonyl (C=O) groups excluding carboxylic acids is 1. The number of nitrogens with one attached hydrogen (secondary N) is 1. The lowest BCUT2D eigenvalue weighted by Crippen LogP contribution is -2.14. The first kappa shape index (κ1) is 21.1. The molecule has 0 unspecified atom stereocenters. The summed E-state index contributed by atoms with van der Waals surface area (Å²) < 4.78 is 1.92. The molecule has 0 spiro atoms. The van der Waals surface area contributed by atoms with Crippen LogP contribution in [0.4, 0.5) is 5.00 Å². The van der Waals surface area contributed by atoms with Gasteiger partial charge in [0.15, 0.2) is 11.0 Å². The fourth-order valence-corrected chi connectivity index (χ4v) is 4.49. The number of halogens is 1. The molecule has 0 saturated heterocycles. The number of nitriles is 1. The molecule has 0 saturated carbocycles. The number of amides is 1. The van der Waals surface area contributed by atoms with Gasteiger partial charge in [0.2, 0.25) is 5.91 Å². The first-order chi connectivity index (χ1) is 15.0. The van der Waals surface area contributed by atoms with Crippen LogP contribution < -0.4 is 5.32 Å². The first-order valence-electron chi connectivity index (χ1n) is 9.24. The molecule has 31 heavy (non-hydrogen) atoms. The zero-order chi connectivity index (χ0) is 21.8. The molecule has 0 aliphatic rings. The number of rotatable bonds is 6. The van der Waals surface area contributed by atoms with Crippen LogP contribution in [-0.4, -0.2) is 26.4 Å². The SMILES string of the molecule is Cc1ccc(-n2c(SCC(=O)Nc3sccc3C#N)nnc2-c2ccc(Cl)cc2)cc1. The molecule has 0 radical (unpaired) electrons. The molecule has 4 aromatic rings. The molecule has 9 heteroatoms. The average Bonchev–Trinajstić information content (AvgIpc) is 3.40. The smallest absolute Gasteiger partial charge is 0.235 e. The van der Waals surface area contributed by atoms with Crippen molar-refractivity contribution in [3.05, 3.63) is 76.1 Å². The van der Waals surface area contributed by atoms with E-state index in [1.54, 1.807) is 23.6 Å². The molecule has 0 atom stereocenters. The van der Waals surface area contributed by atoms with Gasteiger partial charge in [-0.25, -0.2) is 0 Å². The Morgan fingerprint density at radius 1 is 1.16 bits per heavy atom. The van der Waals surface area contributed by atoms with E-state index in [0.29, 0.717) is 26.6 Å². The van der Waals surface area contributed by atoms with E-state index in [-0.39, 0.29) is 11.7 Å². The van der Waals surface area contributed by atoms with Crippen LogP contribution in [0.1, 0.15) is 11.1 Å². The van der Waals surface area contributed by atoms with E-state index >= 15 is 0 Å². The number of aromatic nitrogens is 3. The Balaban J connectivity index is 1.61. The second kappa shape index (κ2) is 9.35. The van der Waals surface area contributed by atoms with Crippen molar-refractivity contribution >= 4 is 45.6 Å². The quantitative estimate of drug-likeness (QED) is 0.377. The number of aryl methyl sites for hydroxylation is 1. The van der Waals surface area contributed by atoms with Crippen molar-refractivity contribution in [1.29, 1.82) is 5.26 Å². The summed E-state index contributed by atoms with van der Waals surface area (Å²) in [6, 6.07) is 19.2. The molecule has 4 rings (SSSR count). The Hall–Kier alpha value is -3.12. The van der Waals surface area contributed by atoms with Crippen LogP contribution in [0.15, 0.2) is 65.1 Å². The standard InChI is InChI=1S/C22H16ClN5OS2/c1-14-2-8-18(9-3-14)28-20(15-4-6-17(23)7-5-15)26-27-22(28)31-13-19(29)25-21-16(12-24)10-11-30-21/h2-11H,13H2,1H3,(H,25,29). The summed E-state index contributed by atoms with van der Waals surface area (Å²) in [4.78, 5) is 12.5. The topological polar surface area (TPSA) is 83.6 Å². The van der Waals surface area contributed by atoms with Gasteiger partial charge < -0.3 is 5.32 Å². The predicted octanol–water partition coefficient (Wildman–Crippen LogP) is 5.56. The number of hydrogen-bond donors (Lipinski definition) is 1. The third-order valence-corrected chi connectivity index (χ3v) is 6.41. The van der Waals surface area contributed by atoms with E-state index in [1.807, 2.05) is 47.9 Å². The lowest BCUT2D eigenvalue weighted by molar-refractivity contribution is -0.113. The van der Waals surface area contributed by atoms with E-state index in [9.17, 15) is 4.79 Å². The minimum atomic E-state index is -0.213. The fourth-order valence-electron chi connectivity index (χ4n) is 2.86. The third-order valence-electron chi connectivity index (χ3n) is 4.40. The number of thiophene rings is 1. The first-order valence-corrected chi connectivity index (χ1v) is 11.5. The van der Waals surface area contributed by atoms with Crippen LogP contribution >= 0.6 is 34.7 Å². The van der Waals surface area contributed by atoms with Crippen molar-refractivity contribution < 1.29 is 4.79 Å². The minimum Gasteiger partial charge on any atom is -0.316 e. The van der Waals surface area contributed by atoms with Crippen LogP contribution in [0, 0.1) is 18.3 Å². The number of thioether (sulfide) groups is 1. The maximum Gasteiger partial charge on any atom is 0.235 e. The summed E-state index contributed by atoms with van der Waals surface area (Å²) in [5, 5.41) is 24.2. The molecular formula is C22H16ClN5OS2. The summed E-state index contributed by atoms with van der Waals surface area (Å²) in [7, 11) is 0. The molecule has 2 aromatic carbocycles. The van der Waals surface area contributed by atoms with Gasteiger partial charge in [0.1, 0.15) is 11.1 Å². The molecule has 0 aliphatic carbocycles. The zero-order valence-electron chi connectivity index (χ0n) is 16.4. The highest BCUT2D eigenvalue weighted by molar-refractivity contribution is 7.99. The Kier molecular flexibility index (Phi) is 6.37. The normalized spacial score (nSPS) is 10.6. The molecule has 0 fully saturated rings. The monoisotopic (exact) mass is 465 g/mol. The molecule has 0 bridgehead atoms. The molecule has 0 aliphatic heterocycles. The van der Waals surface area contributed by atoms with Gasteiger partial charge in [-0.2, -0.15) is 5.26 Å². The summed E-state index contributed by atoms with van der Waals surface area (Å²) in [5.41, 5.74) is 3.36. The number of carbonyl (C=O) groups is 1. The molecule has 154 valence electrons. The molecule has 2 heterocycles. The molecule has 1 amide bonds. The van der Waals surface area contributed by atoms with Crippen molar-refractivity contribution in [3.63, 3.8) is 0 Å². The Morgan fingerprint density at radius 3 is 2.61 bits per heavy atom. The average molecular weight is 466 g/mol. The molecular weight excluding hydrogens is 450 g/mol. The number of anilines is 1. The van der Waals surface area contributed by atoms with Gasteiger partial charge in [-0.15, -0.1) is 21.5 Å². The van der Waals surface area contributed by atoms with Gasteiger partial charge in [0.05, 0.1) is 11.3 Å². The minimum absolute atomic E-state index is 0.132. The Morgan fingerprint density at radius 2 is 1.90 bits per heavy atom. The van der Waals surface area contributed by atoms with Gasteiger partial charge in [0, 0.05) is 16.3 Å². The summed E-state index contributed by atoms with van der Waals surface area (Å²) in [6.07, 6.45) is 0. The van der Waals surface area contributed by atoms with Crippen molar-refractivity contribution in [2.24, 2.45) is 0 Å².